The fourth-order valence-electron chi connectivity index (χ4n) is 2.34. The smallest absolute Gasteiger partial charge is 0.0238 e. The van der Waals surface area contributed by atoms with Gasteiger partial charge in [0.05, 0.1) is 0 Å². The Morgan fingerprint density at radius 1 is 1.36 bits per heavy atom. The fourth-order valence-corrected chi connectivity index (χ4v) is 2.34. The van der Waals surface area contributed by atoms with Gasteiger partial charge in [0.2, 0.25) is 0 Å². The molecule has 4 unspecified atom stereocenters. The van der Waals surface area contributed by atoms with Crippen LogP contribution in [0.25, 0.3) is 0 Å². The predicted octanol–water partition coefficient (Wildman–Crippen LogP) is 2.81. The Balaban J connectivity index is 2.30. The van der Waals surface area contributed by atoms with Crippen molar-refractivity contribution in [2.24, 2.45) is 11.8 Å². The highest BCUT2D eigenvalue weighted by atomic mass is 14.9. The van der Waals surface area contributed by atoms with Crippen molar-refractivity contribution in [2.75, 3.05) is 0 Å². The lowest BCUT2D eigenvalue weighted by Gasteiger charge is -2.34. The molecular weight excluding hydrogens is 170 g/mol. The van der Waals surface area contributed by atoms with Gasteiger partial charge in [-0.2, -0.15) is 0 Å². The van der Waals surface area contributed by atoms with Gasteiger partial charge in [-0.1, -0.05) is 13.8 Å². The van der Waals surface area contributed by atoms with Crippen molar-refractivity contribution in [2.45, 2.75) is 58.5 Å². The monoisotopic (exact) mass is 193 g/mol. The van der Waals surface area contributed by atoms with Gasteiger partial charge in [-0.3, -0.25) is 0 Å². The van der Waals surface area contributed by atoms with Crippen LogP contribution >= 0.6 is 0 Å². The summed E-state index contributed by atoms with van der Waals surface area (Å²) in [6.45, 7) is 6.92. The molecule has 1 saturated carbocycles. The topological polar surface area (TPSA) is 12.0 Å². The van der Waals surface area contributed by atoms with Crippen molar-refractivity contribution in [3.63, 3.8) is 0 Å². The first kappa shape index (κ1) is 11.6. The summed E-state index contributed by atoms with van der Waals surface area (Å²) in [5.74, 6) is 4.47. The van der Waals surface area contributed by atoms with Crippen molar-refractivity contribution in [3.05, 3.63) is 0 Å². The third kappa shape index (κ3) is 3.35. The van der Waals surface area contributed by atoms with Gasteiger partial charge in [-0.05, 0) is 38.0 Å². The standard InChI is InChI=1S/C13H23N/c1-5-6-12(4)14-13-8-7-10(2)11(3)9-13/h1,10-14H,6-9H2,2-4H3. The molecule has 80 valence electrons. The van der Waals surface area contributed by atoms with E-state index >= 15 is 0 Å². The van der Waals surface area contributed by atoms with E-state index in [1.165, 1.54) is 19.3 Å². The largest absolute Gasteiger partial charge is 0.311 e. The molecule has 1 rings (SSSR count). The summed E-state index contributed by atoms with van der Waals surface area (Å²) in [4.78, 5) is 0. The van der Waals surface area contributed by atoms with Gasteiger partial charge in [0.25, 0.3) is 0 Å². The Bertz CT molecular complexity index is 204. The third-order valence-electron chi connectivity index (χ3n) is 3.54. The van der Waals surface area contributed by atoms with Crippen LogP contribution in [0.15, 0.2) is 0 Å². The van der Waals surface area contributed by atoms with Gasteiger partial charge >= 0.3 is 0 Å². The highest BCUT2D eigenvalue weighted by Gasteiger charge is 2.24. The maximum absolute atomic E-state index is 5.29. The minimum Gasteiger partial charge on any atom is -0.311 e. The summed E-state index contributed by atoms with van der Waals surface area (Å²) in [7, 11) is 0. The summed E-state index contributed by atoms with van der Waals surface area (Å²) in [6, 6.07) is 1.18. The summed E-state index contributed by atoms with van der Waals surface area (Å²) in [6.07, 6.45) is 10.1. The highest BCUT2D eigenvalue weighted by Crippen LogP contribution is 2.29. The van der Waals surface area contributed by atoms with Crippen LogP contribution in [0.1, 0.15) is 46.5 Å². The molecule has 0 aromatic heterocycles. The first-order chi connectivity index (χ1) is 6.63. The Hall–Kier alpha value is -0.480. The van der Waals surface area contributed by atoms with E-state index in [1.807, 2.05) is 0 Å². The van der Waals surface area contributed by atoms with E-state index < -0.39 is 0 Å². The van der Waals surface area contributed by atoms with E-state index in [-0.39, 0.29) is 0 Å². The van der Waals surface area contributed by atoms with Crippen LogP contribution < -0.4 is 5.32 Å². The van der Waals surface area contributed by atoms with Crippen LogP contribution in [-0.4, -0.2) is 12.1 Å². The van der Waals surface area contributed by atoms with E-state index in [4.69, 9.17) is 6.42 Å². The van der Waals surface area contributed by atoms with Crippen LogP contribution in [0.4, 0.5) is 0 Å². The average Bonchev–Trinajstić information content (AvgIpc) is 2.12. The minimum absolute atomic E-state index is 0.477. The van der Waals surface area contributed by atoms with E-state index in [2.05, 4.69) is 32.0 Å². The minimum atomic E-state index is 0.477. The molecule has 0 radical (unpaired) electrons. The second-order valence-corrected chi connectivity index (χ2v) is 4.94. The van der Waals surface area contributed by atoms with Crippen LogP contribution in [0, 0.1) is 24.2 Å². The van der Waals surface area contributed by atoms with Crippen LogP contribution in [0.3, 0.4) is 0 Å². The van der Waals surface area contributed by atoms with Gasteiger partial charge < -0.3 is 5.32 Å². The van der Waals surface area contributed by atoms with E-state index in [0.717, 1.165) is 18.3 Å². The molecule has 1 aliphatic carbocycles. The van der Waals surface area contributed by atoms with Crippen molar-refractivity contribution >= 4 is 0 Å². The molecule has 1 heteroatoms. The second kappa shape index (κ2) is 5.41. The van der Waals surface area contributed by atoms with Crippen molar-refractivity contribution in [3.8, 4) is 12.3 Å². The molecule has 1 N–H and O–H groups in total. The zero-order valence-corrected chi connectivity index (χ0v) is 9.72. The van der Waals surface area contributed by atoms with Crippen molar-refractivity contribution in [1.82, 2.24) is 5.32 Å². The summed E-state index contributed by atoms with van der Waals surface area (Å²) in [5.41, 5.74) is 0. The molecule has 0 saturated heterocycles. The van der Waals surface area contributed by atoms with Gasteiger partial charge in [-0.15, -0.1) is 12.3 Å². The molecule has 1 fully saturated rings. The lowest BCUT2D eigenvalue weighted by molar-refractivity contribution is 0.217. The summed E-state index contributed by atoms with van der Waals surface area (Å²) in [5, 5.41) is 3.63. The number of nitrogens with one attached hydrogen (secondary N) is 1. The molecule has 14 heavy (non-hydrogen) atoms. The zero-order chi connectivity index (χ0) is 10.6. The Kier molecular flexibility index (Phi) is 4.48. The maximum atomic E-state index is 5.29. The lowest BCUT2D eigenvalue weighted by atomic mass is 9.79. The average molecular weight is 193 g/mol. The molecule has 0 spiro atoms. The van der Waals surface area contributed by atoms with E-state index in [1.54, 1.807) is 0 Å². The summed E-state index contributed by atoms with van der Waals surface area (Å²) >= 11 is 0. The van der Waals surface area contributed by atoms with Crippen LogP contribution in [0.5, 0.6) is 0 Å². The third-order valence-corrected chi connectivity index (χ3v) is 3.54. The number of terminal acetylenes is 1. The molecular formula is C13H23N. The Labute approximate surface area is 88.7 Å². The molecule has 1 nitrogen and oxygen atoms in total. The normalized spacial score (nSPS) is 34.9. The number of hydrogen-bond donors (Lipinski definition) is 1. The van der Waals surface area contributed by atoms with Crippen molar-refractivity contribution in [1.29, 1.82) is 0 Å². The molecule has 0 amide bonds. The fraction of sp³-hybridized carbons (Fsp3) is 0.846. The zero-order valence-electron chi connectivity index (χ0n) is 9.72. The van der Waals surface area contributed by atoms with Crippen molar-refractivity contribution < 1.29 is 0 Å². The molecule has 0 aliphatic heterocycles. The summed E-state index contributed by atoms with van der Waals surface area (Å²) < 4.78 is 0. The maximum Gasteiger partial charge on any atom is 0.0238 e. The Morgan fingerprint density at radius 2 is 2.07 bits per heavy atom. The number of hydrogen-bond acceptors (Lipinski definition) is 1. The quantitative estimate of drug-likeness (QED) is 0.680. The Morgan fingerprint density at radius 3 is 2.64 bits per heavy atom. The van der Waals surface area contributed by atoms with E-state index in [9.17, 15) is 0 Å². The SMILES string of the molecule is C#CCC(C)NC1CCC(C)C(C)C1. The van der Waals surface area contributed by atoms with Gasteiger partial charge in [-0.25, -0.2) is 0 Å². The predicted molar refractivity (Wildman–Crippen MR) is 62.0 cm³/mol. The molecule has 0 bridgehead atoms. The molecule has 4 atom stereocenters. The lowest BCUT2D eigenvalue weighted by Crippen LogP contribution is -2.40. The van der Waals surface area contributed by atoms with Crippen LogP contribution in [-0.2, 0) is 0 Å². The second-order valence-electron chi connectivity index (χ2n) is 4.94. The first-order valence-electron chi connectivity index (χ1n) is 5.83. The van der Waals surface area contributed by atoms with Gasteiger partial charge in [0.15, 0.2) is 0 Å². The molecule has 0 aromatic rings. The van der Waals surface area contributed by atoms with Crippen LogP contribution in [0.2, 0.25) is 0 Å². The van der Waals surface area contributed by atoms with E-state index in [0.29, 0.717) is 12.1 Å². The highest BCUT2D eigenvalue weighted by molar-refractivity contribution is 4.90. The van der Waals surface area contributed by atoms with Gasteiger partial charge in [0, 0.05) is 18.5 Å². The molecule has 1 aliphatic rings. The number of rotatable bonds is 3. The first-order valence-corrected chi connectivity index (χ1v) is 5.83. The molecule has 0 heterocycles. The molecule has 0 aromatic carbocycles. The van der Waals surface area contributed by atoms with Gasteiger partial charge in [0.1, 0.15) is 0 Å².